The van der Waals surface area contributed by atoms with Crippen LogP contribution in [0.4, 0.5) is 0 Å². The maximum absolute atomic E-state index is 11.2. The molecule has 2 fully saturated rings. The van der Waals surface area contributed by atoms with Crippen molar-refractivity contribution in [3.8, 4) is 0 Å². The molecule has 15 heavy (non-hydrogen) atoms. The lowest BCUT2D eigenvalue weighted by atomic mass is 9.97. The maximum atomic E-state index is 11.2. The molecule has 0 unspecified atom stereocenters. The van der Waals surface area contributed by atoms with Crippen molar-refractivity contribution >= 4 is 17.7 Å². The Morgan fingerprint density at radius 2 is 2.13 bits per heavy atom. The number of ether oxygens (including phenoxy) is 1. The number of hydrogen-bond donors (Lipinski definition) is 0. The Hall–Kier alpha value is -0.480. The van der Waals surface area contributed by atoms with Gasteiger partial charge in [0.2, 0.25) is 0 Å². The molecule has 0 aromatic carbocycles. The Balaban J connectivity index is 1.71. The Morgan fingerprint density at radius 1 is 1.33 bits per heavy atom. The van der Waals surface area contributed by atoms with Gasteiger partial charge in [-0.1, -0.05) is 6.08 Å². The molecule has 0 aromatic heterocycles. The fourth-order valence-corrected chi connectivity index (χ4v) is 3.66. The number of carbonyl (C=O) groups excluding carboxylic acids is 1. The molecule has 82 valence electrons. The Bertz CT molecular complexity index is 299. The lowest BCUT2D eigenvalue weighted by Gasteiger charge is -2.33. The number of hydrogen-bond acceptors (Lipinski definition) is 4. The van der Waals surface area contributed by atoms with Crippen LogP contribution < -0.4 is 0 Å². The van der Waals surface area contributed by atoms with Gasteiger partial charge in [-0.25, -0.2) is 0 Å². The van der Waals surface area contributed by atoms with Crippen LogP contribution in [0.5, 0.6) is 0 Å². The zero-order chi connectivity index (χ0) is 10.3. The largest absolute Gasteiger partial charge is 0.458 e. The van der Waals surface area contributed by atoms with E-state index in [1.807, 2.05) is 11.8 Å². The van der Waals surface area contributed by atoms with E-state index in [1.165, 1.54) is 11.5 Å². The molecule has 3 aliphatic rings. The third-order valence-corrected chi connectivity index (χ3v) is 4.44. The summed E-state index contributed by atoms with van der Waals surface area (Å²) in [7, 11) is 0. The maximum Gasteiger partial charge on any atom is 0.306 e. The van der Waals surface area contributed by atoms with E-state index in [4.69, 9.17) is 4.74 Å². The summed E-state index contributed by atoms with van der Waals surface area (Å²) >= 11 is 2.02. The predicted molar refractivity (Wildman–Crippen MR) is 59.8 cm³/mol. The molecule has 3 atom stereocenters. The fourth-order valence-electron chi connectivity index (χ4n) is 2.73. The van der Waals surface area contributed by atoms with Crippen molar-refractivity contribution in [2.75, 3.05) is 24.6 Å². The summed E-state index contributed by atoms with van der Waals surface area (Å²) in [5, 5.41) is 0. The first-order chi connectivity index (χ1) is 7.34. The highest BCUT2D eigenvalue weighted by molar-refractivity contribution is 7.99. The van der Waals surface area contributed by atoms with Gasteiger partial charge in [0.05, 0.1) is 6.42 Å². The second kappa shape index (κ2) is 3.83. The van der Waals surface area contributed by atoms with Crippen LogP contribution in [-0.2, 0) is 9.53 Å². The SMILES string of the molecule is O=C1C[C@H]2[C@H](N3CCSCC3)C=C[C@H]2O1. The van der Waals surface area contributed by atoms with Crippen molar-refractivity contribution in [1.29, 1.82) is 0 Å². The quantitative estimate of drug-likeness (QED) is 0.490. The van der Waals surface area contributed by atoms with E-state index >= 15 is 0 Å². The van der Waals surface area contributed by atoms with Gasteiger partial charge in [0, 0.05) is 36.6 Å². The number of rotatable bonds is 1. The molecule has 1 aliphatic carbocycles. The molecule has 0 amide bonds. The molecule has 3 nitrogen and oxygen atoms in total. The van der Waals surface area contributed by atoms with E-state index in [1.54, 1.807) is 0 Å². The standard InChI is InChI=1S/C11H15NO2S/c13-11-7-8-9(1-2-10(8)14-11)12-3-5-15-6-4-12/h1-2,8-10H,3-7H2/t8-,9+,10+/m0/s1. The molecule has 2 saturated heterocycles. The van der Waals surface area contributed by atoms with Gasteiger partial charge in [-0.2, -0.15) is 11.8 Å². The first-order valence-electron chi connectivity index (χ1n) is 5.54. The van der Waals surface area contributed by atoms with Crippen LogP contribution >= 0.6 is 11.8 Å². The zero-order valence-corrected chi connectivity index (χ0v) is 9.41. The molecule has 0 N–H and O–H groups in total. The lowest BCUT2D eigenvalue weighted by Crippen LogP contribution is -2.43. The third kappa shape index (κ3) is 1.70. The molecule has 0 saturated carbocycles. The van der Waals surface area contributed by atoms with Crippen molar-refractivity contribution in [2.45, 2.75) is 18.6 Å². The van der Waals surface area contributed by atoms with E-state index in [-0.39, 0.29) is 12.1 Å². The molecule has 3 rings (SSSR count). The molecule has 0 radical (unpaired) electrons. The molecule has 2 aliphatic heterocycles. The van der Waals surface area contributed by atoms with Crippen LogP contribution in [0.1, 0.15) is 6.42 Å². The van der Waals surface area contributed by atoms with E-state index in [9.17, 15) is 4.79 Å². The topological polar surface area (TPSA) is 29.5 Å². The highest BCUT2D eigenvalue weighted by Gasteiger charge is 2.43. The average Bonchev–Trinajstić information content (AvgIpc) is 2.77. The molecular formula is C11H15NO2S. The molecule has 0 bridgehead atoms. The Kier molecular flexibility index (Phi) is 2.48. The van der Waals surface area contributed by atoms with Crippen LogP contribution in [0, 0.1) is 5.92 Å². The second-order valence-corrected chi connectivity index (χ2v) is 5.57. The summed E-state index contributed by atoms with van der Waals surface area (Å²) in [6.07, 6.45) is 4.98. The van der Waals surface area contributed by atoms with Gasteiger partial charge in [-0.05, 0) is 6.08 Å². The summed E-state index contributed by atoms with van der Waals surface area (Å²) in [4.78, 5) is 13.7. The summed E-state index contributed by atoms with van der Waals surface area (Å²) in [5.41, 5.74) is 0. The minimum atomic E-state index is -0.0225. The average molecular weight is 225 g/mol. The number of esters is 1. The molecular weight excluding hydrogens is 210 g/mol. The first kappa shape index (κ1) is 9.73. The van der Waals surface area contributed by atoms with Gasteiger partial charge in [0.1, 0.15) is 6.10 Å². The van der Waals surface area contributed by atoms with Gasteiger partial charge < -0.3 is 4.74 Å². The van der Waals surface area contributed by atoms with Crippen molar-refractivity contribution in [1.82, 2.24) is 4.90 Å². The highest BCUT2D eigenvalue weighted by Crippen LogP contribution is 2.35. The normalized spacial score (nSPS) is 40.5. The highest BCUT2D eigenvalue weighted by atomic mass is 32.2. The van der Waals surface area contributed by atoms with Crippen LogP contribution in [0.3, 0.4) is 0 Å². The van der Waals surface area contributed by atoms with Crippen LogP contribution in [0.25, 0.3) is 0 Å². The van der Waals surface area contributed by atoms with Crippen molar-refractivity contribution in [2.24, 2.45) is 5.92 Å². The third-order valence-electron chi connectivity index (χ3n) is 3.50. The minimum absolute atomic E-state index is 0.0225. The summed E-state index contributed by atoms with van der Waals surface area (Å²) < 4.78 is 5.25. The zero-order valence-electron chi connectivity index (χ0n) is 8.59. The molecule has 2 heterocycles. The predicted octanol–water partition coefficient (Wildman–Crippen LogP) is 0.905. The van der Waals surface area contributed by atoms with E-state index in [0.29, 0.717) is 18.4 Å². The minimum Gasteiger partial charge on any atom is -0.458 e. The van der Waals surface area contributed by atoms with Crippen molar-refractivity contribution < 1.29 is 9.53 Å². The van der Waals surface area contributed by atoms with Crippen LogP contribution in [0.2, 0.25) is 0 Å². The second-order valence-electron chi connectivity index (χ2n) is 4.35. The monoisotopic (exact) mass is 225 g/mol. The number of nitrogens with zero attached hydrogens (tertiary/aromatic N) is 1. The molecule has 0 aromatic rings. The van der Waals surface area contributed by atoms with E-state index in [2.05, 4.69) is 17.1 Å². The van der Waals surface area contributed by atoms with Crippen molar-refractivity contribution in [3.05, 3.63) is 12.2 Å². The van der Waals surface area contributed by atoms with Gasteiger partial charge in [0.25, 0.3) is 0 Å². The number of fused-ring (bicyclic) bond motifs is 1. The van der Waals surface area contributed by atoms with E-state index < -0.39 is 0 Å². The summed E-state index contributed by atoms with van der Waals surface area (Å²) in [5.74, 6) is 2.80. The van der Waals surface area contributed by atoms with Crippen LogP contribution in [0.15, 0.2) is 12.2 Å². The van der Waals surface area contributed by atoms with Crippen LogP contribution in [-0.4, -0.2) is 47.6 Å². The van der Waals surface area contributed by atoms with Crippen molar-refractivity contribution in [3.63, 3.8) is 0 Å². The van der Waals surface area contributed by atoms with Gasteiger partial charge in [-0.3, -0.25) is 9.69 Å². The number of thioether (sulfide) groups is 1. The summed E-state index contributed by atoms with van der Waals surface area (Å²) in [6, 6.07) is 0.447. The Morgan fingerprint density at radius 3 is 2.93 bits per heavy atom. The fraction of sp³-hybridized carbons (Fsp3) is 0.727. The Labute approximate surface area is 93.8 Å². The van der Waals surface area contributed by atoms with E-state index in [0.717, 1.165) is 13.1 Å². The van der Waals surface area contributed by atoms with Gasteiger partial charge in [-0.15, -0.1) is 0 Å². The lowest BCUT2D eigenvalue weighted by molar-refractivity contribution is -0.140. The summed E-state index contributed by atoms with van der Waals surface area (Å²) in [6.45, 7) is 2.30. The first-order valence-corrected chi connectivity index (χ1v) is 6.70. The number of carbonyl (C=O) groups is 1. The molecule has 0 spiro atoms. The van der Waals surface area contributed by atoms with Gasteiger partial charge >= 0.3 is 5.97 Å². The van der Waals surface area contributed by atoms with Gasteiger partial charge in [0.15, 0.2) is 0 Å². The smallest absolute Gasteiger partial charge is 0.306 e. The molecule has 4 heteroatoms.